The van der Waals surface area contributed by atoms with Crippen LogP contribution in [0.3, 0.4) is 0 Å². The van der Waals surface area contributed by atoms with Gasteiger partial charge >= 0.3 is 0 Å². The first-order valence-electron chi connectivity index (χ1n) is 4.24. The number of ether oxygens (including phenoxy) is 1. The summed E-state index contributed by atoms with van der Waals surface area (Å²) in [5.74, 6) is 0. The van der Waals surface area contributed by atoms with Gasteiger partial charge in [-0.05, 0) is 11.6 Å². The summed E-state index contributed by atoms with van der Waals surface area (Å²) in [5, 5.41) is 3.13. The van der Waals surface area contributed by atoms with Gasteiger partial charge in [0.05, 0.1) is 6.61 Å². The molecule has 0 bridgehead atoms. The lowest BCUT2D eigenvalue weighted by atomic mass is 10.1. The number of hydrogen-bond acceptors (Lipinski definition) is 2. The predicted molar refractivity (Wildman–Crippen MR) is 56.8 cm³/mol. The lowest BCUT2D eigenvalue weighted by Gasteiger charge is -2.11. The minimum absolute atomic E-state index is 0.609. The van der Waals surface area contributed by atoms with Crippen molar-refractivity contribution in [2.45, 2.75) is 6.61 Å². The number of hydrogen-bond donors (Lipinski definition) is 1. The third-order valence-corrected chi connectivity index (χ3v) is 1.99. The fraction of sp³-hybridized carbons (Fsp3) is 0.273. The summed E-state index contributed by atoms with van der Waals surface area (Å²) >= 11 is 0. The lowest BCUT2D eigenvalue weighted by molar-refractivity contribution is 0.185. The maximum absolute atomic E-state index is 5.13. The first-order valence-corrected chi connectivity index (χ1v) is 4.24. The molecule has 1 aromatic rings. The largest absolute Gasteiger partial charge is 0.388 e. The maximum atomic E-state index is 5.13. The van der Waals surface area contributed by atoms with Crippen LogP contribution < -0.4 is 5.32 Å². The second-order valence-electron chi connectivity index (χ2n) is 2.76. The number of anilines is 1. The second-order valence-corrected chi connectivity index (χ2v) is 2.76. The summed E-state index contributed by atoms with van der Waals surface area (Å²) in [5.41, 5.74) is 3.37. The summed E-state index contributed by atoms with van der Waals surface area (Å²) in [6.45, 7) is 4.38. The molecule has 2 heteroatoms. The summed E-state index contributed by atoms with van der Waals surface area (Å²) < 4.78 is 5.13. The van der Waals surface area contributed by atoms with Crippen LogP contribution in [0.15, 0.2) is 24.8 Å². The molecule has 1 aromatic carbocycles. The highest BCUT2D eigenvalue weighted by Crippen LogP contribution is 2.21. The van der Waals surface area contributed by atoms with E-state index in [9.17, 15) is 0 Å². The SMILES string of the molecule is C=Cc1cccc(NC)c1COC. The van der Waals surface area contributed by atoms with Crippen molar-refractivity contribution in [2.24, 2.45) is 0 Å². The summed E-state index contributed by atoms with van der Waals surface area (Å²) in [6, 6.07) is 6.06. The van der Waals surface area contributed by atoms with Crippen molar-refractivity contribution in [3.05, 3.63) is 35.9 Å². The van der Waals surface area contributed by atoms with E-state index in [0.29, 0.717) is 6.61 Å². The molecule has 13 heavy (non-hydrogen) atoms. The van der Waals surface area contributed by atoms with Crippen LogP contribution in [0.5, 0.6) is 0 Å². The molecule has 70 valence electrons. The average molecular weight is 177 g/mol. The monoisotopic (exact) mass is 177 g/mol. The molecular weight excluding hydrogens is 162 g/mol. The van der Waals surface area contributed by atoms with Crippen molar-refractivity contribution >= 4 is 11.8 Å². The maximum Gasteiger partial charge on any atom is 0.0739 e. The zero-order valence-electron chi connectivity index (χ0n) is 8.13. The standard InChI is InChI=1S/C11H15NO/c1-4-9-6-5-7-11(12-2)10(9)8-13-3/h4-7,12H,1,8H2,2-3H3. The number of methoxy groups -OCH3 is 1. The van der Waals surface area contributed by atoms with E-state index in [2.05, 4.69) is 11.9 Å². The van der Waals surface area contributed by atoms with E-state index in [0.717, 1.165) is 16.8 Å². The highest BCUT2D eigenvalue weighted by atomic mass is 16.5. The fourth-order valence-electron chi connectivity index (χ4n) is 1.34. The van der Waals surface area contributed by atoms with Crippen molar-refractivity contribution in [1.29, 1.82) is 0 Å². The van der Waals surface area contributed by atoms with Gasteiger partial charge in [0.1, 0.15) is 0 Å². The van der Waals surface area contributed by atoms with Gasteiger partial charge in [0, 0.05) is 25.4 Å². The first-order chi connectivity index (χ1) is 6.33. The Kier molecular flexibility index (Phi) is 3.53. The molecule has 0 fully saturated rings. The van der Waals surface area contributed by atoms with Crippen LogP contribution in [0.25, 0.3) is 6.08 Å². The highest BCUT2D eigenvalue weighted by molar-refractivity contribution is 5.63. The molecule has 2 nitrogen and oxygen atoms in total. The van der Waals surface area contributed by atoms with Crippen LogP contribution in [-0.4, -0.2) is 14.2 Å². The number of rotatable bonds is 4. The molecular formula is C11H15NO. The molecule has 0 aliphatic rings. The minimum Gasteiger partial charge on any atom is -0.388 e. The van der Waals surface area contributed by atoms with Crippen LogP contribution in [0.1, 0.15) is 11.1 Å². The average Bonchev–Trinajstić information content (AvgIpc) is 2.18. The van der Waals surface area contributed by atoms with Gasteiger partial charge in [0.15, 0.2) is 0 Å². The van der Waals surface area contributed by atoms with E-state index < -0.39 is 0 Å². The fourth-order valence-corrected chi connectivity index (χ4v) is 1.34. The molecule has 0 saturated carbocycles. The Hall–Kier alpha value is -1.28. The van der Waals surface area contributed by atoms with E-state index >= 15 is 0 Å². The molecule has 0 saturated heterocycles. The van der Waals surface area contributed by atoms with Crippen LogP contribution >= 0.6 is 0 Å². The molecule has 1 N–H and O–H groups in total. The number of benzene rings is 1. The zero-order valence-corrected chi connectivity index (χ0v) is 8.13. The first kappa shape index (κ1) is 9.81. The summed E-state index contributed by atoms with van der Waals surface area (Å²) in [7, 11) is 3.60. The van der Waals surface area contributed by atoms with E-state index in [1.807, 2.05) is 31.3 Å². The van der Waals surface area contributed by atoms with Gasteiger partial charge in [-0.15, -0.1) is 0 Å². The normalized spacial score (nSPS) is 9.69. The predicted octanol–water partition coefficient (Wildman–Crippen LogP) is 2.52. The Morgan fingerprint density at radius 2 is 2.31 bits per heavy atom. The summed E-state index contributed by atoms with van der Waals surface area (Å²) in [6.07, 6.45) is 1.84. The highest BCUT2D eigenvalue weighted by Gasteiger charge is 2.03. The Morgan fingerprint density at radius 3 is 2.85 bits per heavy atom. The third-order valence-electron chi connectivity index (χ3n) is 1.99. The van der Waals surface area contributed by atoms with Crippen LogP contribution in [0.2, 0.25) is 0 Å². The topological polar surface area (TPSA) is 21.3 Å². The van der Waals surface area contributed by atoms with Gasteiger partial charge in [0.25, 0.3) is 0 Å². The molecule has 0 aliphatic heterocycles. The van der Waals surface area contributed by atoms with Crippen LogP contribution in [-0.2, 0) is 11.3 Å². The van der Waals surface area contributed by atoms with Gasteiger partial charge in [-0.3, -0.25) is 0 Å². The Balaban J connectivity index is 3.12. The Bertz CT molecular complexity index is 294. The molecule has 0 spiro atoms. The zero-order chi connectivity index (χ0) is 9.68. The quantitative estimate of drug-likeness (QED) is 0.763. The lowest BCUT2D eigenvalue weighted by Crippen LogP contribution is -1.99. The Morgan fingerprint density at radius 1 is 1.54 bits per heavy atom. The molecule has 0 aromatic heterocycles. The minimum atomic E-state index is 0.609. The van der Waals surface area contributed by atoms with Crippen molar-refractivity contribution in [2.75, 3.05) is 19.5 Å². The molecule has 0 aliphatic carbocycles. The molecule has 0 radical (unpaired) electrons. The molecule has 0 amide bonds. The Labute approximate surface area is 79.2 Å². The summed E-state index contributed by atoms with van der Waals surface area (Å²) in [4.78, 5) is 0. The van der Waals surface area contributed by atoms with E-state index in [-0.39, 0.29) is 0 Å². The van der Waals surface area contributed by atoms with E-state index in [1.54, 1.807) is 7.11 Å². The van der Waals surface area contributed by atoms with E-state index in [1.165, 1.54) is 0 Å². The van der Waals surface area contributed by atoms with Crippen molar-refractivity contribution in [3.63, 3.8) is 0 Å². The number of nitrogens with one attached hydrogen (secondary N) is 1. The van der Waals surface area contributed by atoms with Gasteiger partial charge < -0.3 is 10.1 Å². The van der Waals surface area contributed by atoms with Gasteiger partial charge in [-0.25, -0.2) is 0 Å². The van der Waals surface area contributed by atoms with Crippen molar-refractivity contribution in [3.8, 4) is 0 Å². The second kappa shape index (κ2) is 4.67. The third kappa shape index (κ3) is 2.10. The van der Waals surface area contributed by atoms with Gasteiger partial charge in [0.2, 0.25) is 0 Å². The van der Waals surface area contributed by atoms with Gasteiger partial charge in [-0.2, -0.15) is 0 Å². The molecule has 0 heterocycles. The smallest absolute Gasteiger partial charge is 0.0739 e. The van der Waals surface area contributed by atoms with E-state index in [4.69, 9.17) is 4.74 Å². The molecule has 1 rings (SSSR count). The van der Waals surface area contributed by atoms with Crippen LogP contribution in [0.4, 0.5) is 5.69 Å². The van der Waals surface area contributed by atoms with Gasteiger partial charge in [-0.1, -0.05) is 24.8 Å². The molecule has 0 atom stereocenters. The van der Waals surface area contributed by atoms with Crippen molar-refractivity contribution < 1.29 is 4.74 Å². The van der Waals surface area contributed by atoms with Crippen LogP contribution in [0, 0.1) is 0 Å². The van der Waals surface area contributed by atoms with Crippen molar-refractivity contribution in [1.82, 2.24) is 0 Å². The molecule has 0 unspecified atom stereocenters.